The monoisotopic (exact) mass is 322 g/mol. The Hall–Kier alpha value is -1.26. The summed E-state index contributed by atoms with van der Waals surface area (Å²) in [7, 11) is 0. The van der Waals surface area contributed by atoms with Crippen molar-refractivity contribution in [3.63, 3.8) is 0 Å². The number of aromatic nitrogens is 1. The summed E-state index contributed by atoms with van der Waals surface area (Å²) in [5.74, 6) is -0.228. The number of halogens is 2. The van der Waals surface area contributed by atoms with Gasteiger partial charge in [-0.1, -0.05) is 35.0 Å². The summed E-state index contributed by atoms with van der Waals surface area (Å²) < 4.78 is 13.9. The highest BCUT2D eigenvalue weighted by molar-refractivity contribution is 9.10. The lowest BCUT2D eigenvalue weighted by Crippen LogP contribution is -2.24. The van der Waals surface area contributed by atoms with Gasteiger partial charge in [-0.3, -0.25) is 4.98 Å². The van der Waals surface area contributed by atoms with E-state index in [4.69, 9.17) is 0 Å². The van der Waals surface area contributed by atoms with Crippen LogP contribution in [0, 0.1) is 5.82 Å². The van der Waals surface area contributed by atoms with Crippen LogP contribution in [0.4, 0.5) is 4.39 Å². The van der Waals surface area contributed by atoms with Crippen LogP contribution >= 0.6 is 15.9 Å². The van der Waals surface area contributed by atoms with Gasteiger partial charge in [0.25, 0.3) is 0 Å². The molecule has 2 rings (SSSR count). The summed E-state index contributed by atoms with van der Waals surface area (Å²) in [6.07, 6.45) is 2.56. The van der Waals surface area contributed by atoms with E-state index in [0.717, 1.165) is 28.7 Å². The largest absolute Gasteiger partial charge is 0.309 e. The van der Waals surface area contributed by atoms with Crippen molar-refractivity contribution >= 4 is 15.9 Å². The molecule has 0 aliphatic heterocycles. The SMILES string of the molecule is CCNC(Cc1ccc(F)cc1Br)c1ccccn1. The van der Waals surface area contributed by atoms with Crippen LogP contribution in [-0.2, 0) is 6.42 Å². The molecule has 0 fully saturated rings. The smallest absolute Gasteiger partial charge is 0.124 e. The van der Waals surface area contributed by atoms with E-state index < -0.39 is 0 Å². The van der Waals surface area contributed by atoms with Crippen LogP contribution < -0.4 is 5.32 Å². The van der Waals surface area contributed by atoms with Crippen LogP contribution in [-0.4, -0.2) is 11.5 Å². The van der Waals surface area contributed by atoms with Gasteiger partial charge in [0.2, 0.25) is 0 Å². The van der Waals surface area contributed by atoms with E-state index in [-0.39, 0.29) is 11.9 Å². The van der Waals surface area contributed by atoms with Gasteiger partial charge in [0.1, 0.15) is 5.82 Å². The fourth-order valence-corrected chi connectivity index (χ4v) is 2.53. The maximum Gasteiger partial charge on any atom is 0.124 e. The molecule has 0 aliphatic rings. The van der Waals surface area contributed by atoms with Crippen molar-refractivity contribution < 1.29 is 4.39 Å². The number of nitrogens with zero attached hydrogens (tertiary/aromatic N) is 1. The minimum absolute atomic E-state index is 0.132. The van der Waals surface area contributed by atoms with E-state index in [1.807, 2.05) is 24.3 Å². The number of hydrogen-bond donors (Lipinski definition) is 1. The zero-order valence-electron chi connectivity index (χ0n) is 10.7. The third-order valence-electron chi connectivity index (χ3n) is 2.93. The van der Waals surface area contributed by atoms with Crippen molar-refractivity contribution in [1.82, 2.24) is 10.3 Å². The molecule has 1 atom stereocenters. The summed E-state index contributed by atoms with van der Waals surface area (Å²) in [6, 6.07) is 10.8. The van der Waals surface area contributed by atoms with Crippen LogP contribution in [0.1, 0.15) is 24.2 Å². The first-order chi connectivity index (χ1) is 9.20. The van der Waals surface area contributed by atoms with Crippen molar-refractivity contribution in [3.8, 4) is 0 Å². The first-order valence-electron chi connectivity index (χ1n) is 6.29. The maximum atomic E-state index is 13.1. The molecule has 4 heteroatoms. The minimum Gasteiger partial charge on any atom is -0.309 e. The van der Waals surface area contributed by atoms with E-state index in [2.05, 4.69) is 33.2 Å². The molecule has 100 valence electrons. The van der Waals surface area contributed by atoms with Gasteiger partial charge in [-0.2, -0.15) is 0 Å². The normalized spacial score (nSPS) is 12.4. The highest BCUT2D eigenvalue weighted by Gasteiger charge is 2.14. The lowest BCUT2D eigenvalue weighted by Gasteiger charge is -2.18. The molecule has 0 bridgehead atoms. The second kappa shape index (κ2) is 6.78. The number of hydrogen-bond acceptors (Lipinski definition) is 2. The summed E-state index contributed by atoms with van der Waals surface area (Å²) >= 11 is 3.41. The Balaban J connectivity index is 2.21. The standard InChI is InChI=1S/C15H16BrFN2/c1-2-18-15(14-5-3-4-8-19-14)9-11-6-7-12(17)10-13(11)16/h3-8,10,15,18H,2,9H2,1H3. The van der Waals surface area contributed by atoms with Crippen molar-refractivity contribution in [2.75, 3.05) is 6.54 Å². The average Bonchev–Trinajstić information content (AvgIpc) is 2.42. The lowest BCUT2D eigenvalue weighted by atomic mass is 10.0. The van der Waals surface area contributed by atoms with Gasteiger partial charge >= 0.3 is 0 Å². The van der Waals surface area contributed by atoms with E-state index in [1.54, 1.807) is 6.20 Å². The topological polar surface area (TPSA) is 24.9 Å². The first kappa shape index (κ1) is 14.2. The second-order valence-corrected chi connectivity index (χ2v) is 5.16. The fourth-order valence-electron chi connectivity index (χ4n) is 2.02. The Labute approximate surface area is 121 Å². The Bertz CT molecular complexity index is 531. The molecular formula is C15H16BrFN2. The van der Waals surface area contributed by atoms with Crippen molar-refractivity contribution in [3.05, 3.63) is 64.1 Å². The fraction of sp³-hybridized carbons (Fsp3) is 0.267. The van der Waals surface area contributed by atoms with Crippen molar-refractivity contribution in [2.24, 2.45) is 0 Å². The number of likely N-dealkylation sites (N-methyl/N-ethyl adjacent to an activating group) is 1. The molecule has 0 saturated heterocycles. The summed E-state index contributed by atoms with van der Waals surface area (Å²) in [5, 5.41) is 3.41. The number of rotatable bonds is 5. The second-order valence-electron chi connectivity index (χ2n) is 4.30. The van der Waals surface area contributed by atoms with E-state index >= 15 is 0 Å². The van der Waals surface area contributed by atoms with Gasteiger partial charge < -0.3 is 5.32 Å². The van der Waals surface area contributed by atoms with Crippen molar-refractivity contribution in [2.45, 2.75) is 19.4 Å². The Morgan fingerprint density at radius 3 is 2.79 bits per heavy atom. The van der Waals surface area contributed by atoms with E-state index in [0.29, 0.717) is 0 Å². The number of benzene rings is 1. The zero-order valence-corrected chi connectivity index (χ0v) is 12.3. The molecule has 0 radical (unpaired) electrons. The molecule has 2 aromatic rings. The zero-order chi connectivity index (χ0) is 13.7. The molecule has 2 nitrogen and oxygen atoms in total. The van der Waals surface area contributed by atoms with Gasteiger partial charge in [-0.25, -0.2) is 4.39 Å². The van der Waals surface area contributed by atoms with Gasteiger partial charge in [0, 0.05) is 10.7 Å². The predicted molar refractivity (Wildman–Crippen MR) is 78.5 cm³/mol. The molecule has 1 N–H and O–H groups in total. The Morgan fingerprint density at radius 2 is 2.16 bits per heavy atom. The average molecular weight is 323 g/mol. The summed E-state index contributed by atoms with van der Waals surface area (Å²) in [5.41, 5.74) is 2.07. The molecule has 0 saturated carbocycles. The maximum absolute atomic E-state index is 13.1. The number of nitrogens with one attached hydrogen (secondary N) is 1. The molecule has 0 aliphatic carbocycles. The Morgan fingerprint density at radius 1 is 1.32 bits per heavy atom. The van der Waals surface area contributed by atoms with Gasteiger partial charge in [-0.05, 0) is 42.8 Å². The molecule has 1 aromatic carbocycles. The van der Waals surface area contributed by atoms with Crippen molar-refractivity contribution in [1.29, 1.82) is 0 Å². The molecule has 0 amide bonds. The Kier molecular flexibility index (Phi) is 5.05. The highest BCUT2D eigenvalue weighted by atomic mass is 79.9. The number of pyridine rings is 1. The van der Waals surface area contributed by atoms with Crippen LogP contribution in [0.5, 0.6) is 0 Å². The van der Waals surface area contributed by atoms with Crippen LogP contribution in [0.2, 0.25) is 0 Å². The van der Waals surface area contributed by atoms with Crippen LogP contribution in [0.15, 0.2) is 47.1 Å². The highest BCUT2D eigenvalue weighted by Crippen LogP contribution is 2.23. The molecule has 1 unspecified atom stereocenters. The predicted octanol–water partition coefficient (Wildman–Crippen LogP) is 3.88. The van der Waals surface area contributed by atoms with Crippen LogP contribution in [0.3, 0.4) is 0 Å². The summed E-state index contributed by atoms with van der Waals surface area (Å²) in [4.78, 5) is 4.39. The molecule has 19 heavy (non-hydrogen) atoms. The van der Waals surface area contributed by atoms with Gasteiger partial charge in [0.15, 0.2) is 0 Å². The van der Waals surface area contributed by atoms with E-state index in [9.17, 15) is 4.39 Å². The van der Waals surface area contributed by atoms with E-state index in [1.165, 1.54) is 12.1 Å². The minimum atomic E-state index is -0.228. The molecule has 1 heterocycles. The molecular weight excluding hydrogens is 307 g/mol. The van der Waals surface area contributed by atoms with Crippen LogP contribution in [0.25, 0.3) is 0 Å². The quantitative estimate of drug-likeness (QED) is 0.903. The molecule has 0 spiro atoms. The first-order valence-corrected chi connectivity index (χ1v) is 7.08. The third kappa shape index (κ3) is 3.85. The van der Waals surface area contributed by atoms with Gasteiger partial charge in [0.05, 0.1) is 11.7 Å². The molecule has 1 aromatic heterocycles. The van der Waals surface area contributed by atoms with Gasteiger partial charge in [-0.15, -0.1) is 0 Å². The third-order valence-corrected chi connectivity index (χ3v) is 3.67. The summed E-state index contributed by atoms with van der Waals surface area (Å²) in [6.45, 7) is 2.93. The lowest BCUT2D eigenvalue weighted by molar-refractivity contribution is 0.535.